The topological polar surface area (TPSA) is 83.8 Å². The van der Waals surface area contributed by atoms with Crippen molar-refractivity contribution in [3.63, 3.8) is 0 Å². The van der Waals surface area contributed by atoms with Crippen molar-refractivity contribution >= 4 is 39.6 Å². The van der Waals surface area contributed by atoms with Crippen LogP contribution in [0.2, 0.25) is 0 Å². The summed E-state index contributed by atoms with van der Waals surface area (Å²) in [6, 6.07) is 0. The maximum atomic E-state index is 12.2. The van der Waals surface area contributed by atoms with Crippen molar-refractivity contribution in [2.75, 3.05) is 17.3 Å². The molecule has 0 spiro atoms. The largest absolute Gasteiger partial charge is 0.396 e. The van der Waals surface area contributed by atoms with Gasteiger partial charge < -0.3 is 11.1 Å². The summed E-state index contributed by atoms with van der Waals surface area (Å²) in [5.74, 6) is 0.0477. The average Bonchev–Trinajstić information content (AvgIpc) is 3.03. The Morgan fingerprint density at radius 1 is 1.60 bits per heavy atom. The van der Waals surface area contributed by atoms with E-state index in [1.54, 1.807) is 18.0 Å². The van der Waals surface area contributed by atoms with E-state index in [4.69, 9.17) is 5.73 Å². The normalized spacial score (nSPS) is 11.0. The number of rotatable bonds is 6. The fraction of sp³-hybridized carbons (Fsp3) is 0.385. The average molecular weight is 310 g/mol. The molecule has 4 N–H and O–H groups in total. The van der Waals surface area contributed by atoms with E-state index in [0.29, 0.717) is 17.1 Å². The van der Waals surface area contributed by atoms with Crippen LogP contribution in [0.5, 0.6) is 0 Å². The SMILES string of the molecule is CSc1c(NCc2cn[nH]c2)sc(C(=O)C(C)C)c1N. The molecule has 0 unspecified atom stereocenters. The minimum Gasteiger partial charge on any atom is -0.396 e. The number of H-pyrrole nitrogens is 1. The number of aromatic nitrogens is 2. The van der Waals surface area contributed by atoms with E-state index in [2.05, 4.69) is 15.5 Å². The first kappa shape index (κ1) is 14.9. The third kappa shape index (κ3) is 2.99. The first-order valence-corrected chi connectivity index (χ1v) is 8.30. The predicted molar refractivity (Wildman–Crippen MR) is 85.6 cm³/mol. The number of hydrogen-bond acceptors (Lipinski definition) is 6. The van der Waals surface area contributed by atoms with Crippen LogP contribution in [0.15, 0.2) is 17.3 Å². The number of thioether (sulfide) groups is 1. The number of hydrogen-bond donors (Lipinski definition) is 3. The molecule has 108 valence electrons. The van der Waals surface area contributed by atoms with Crippen LogP contribution in [0.25, 0.3) is 0 Å². The molecule has 0 saturated heterocycles. The number of thiophene rings is 1. The Balaban J connectivity index is 2.24. The van der Waals surface area contributed by atoms with Crippen molar-refractivity contribution < 1.29 is 4.79 Å². The Bertz CT molecular complexity index is 590. The zero-order valence-corrected chi connectivity index (χ0v) is 13.3. The second-order valence-corrected chi connectivity index (χ2v) is 6.52. The van der Waals surface area contributed by atoms with Crippen molar-refractivity contribution in [1.82, 2.24) is 10.2 Å². The van der Waals surface area contributed by atoms with Crippen LogP contribution in [0.1, 0.15) is 29.1 Å². The maximum Gasteiger partial charge on any atom is 0.177 e. The zero-order chi connectivity index (χ0) is 14.7. The molecular formula is C13H18N4OS2. The first-order chi connectivity index (χ1) is 9.54. The van der Waals surface area contributed by atoms with E-state index in [1.807, 2.05) is 26.3 Å². The Morgan fingerprint density at radius 3 is 2.90 bits per heavy atom. The summed E-state index contributed by atoms with van der Waals surface area (Å²) in [4.78, 5) is 13.8. The number of aromatic amines is 1. The van der Waals surface area contributed by atoms with E-state index >= 15 is 0 Å². The van der Waals surface area contributed by atoms with Gasteiger partial charge in [0.15, 0.2) is 5.78 Å². The molecule has 0 aliphatic carbocycles. The van der Waals surface area contributed by atoms with Gasteiger partial charge in [0.25, 0.3) is 0 Å². The molecule has 0 aromatic carbocycles. The molecule has 2 heterocycles. The van der Waals surface area contributed by atoms with Crippen LogP contribution in [0, 0.1) is 5.92 Å². The molecule has 2 aromatic rings. The van der Waals surface area contributed by atoms with Crippen LogP contribution < -0.4 is 11.1 Å². The molecule has 0 fully saturated rings. The number of carbonyl (C=O) groups is 1. The summed E-state index contributed by atoms with van der Waals surface area (Å²) < 4.78 is 0. The van der Waals surface area contributed by atoms with Gasteiger partial charge >= 0.3 is 0 Å². The first-order valence-electron chi connectivity index (χ1n) is 6.26. The zero-order valence-electron chi connectivity index (χ0n) is 11.7. The lowest BCUT2D eigenvalue weighted by Crippen LogP contribution is -2.07. The van der Waals surface area contributed by atoms with E-state index in [0.717, 1.165) is 15.5 Å². The number of nitrogens with zero attached hydrogens (tertiary/aromatic N) is 1. The Morgan fingerprint density at radius 2 is 2.35 bits per heavy atom. The minimum atomic E-state index is -0.0487. The highest BCUT2D eigenvalue weighted by Crippen LogP contribution is 2.42. The molecule has 2 aromatic heterocycles. The molecule has 20 heavy (non-hydrogen) atoms. The van der Waals surface area contributed by atoms with Gasteiger partial charge in [-0.15, -0.1) is 23.1 Å². The Labute approximate surface area is 126 Å². The molecule has 2 rings (SSSR count). The number of carbonyl (C=O) groups excluding carboxylic acids is 1. The molecular weight excluding hydrogens is 292 g/mol. The standard InChI is InChI=1S/C13H18N4OS2/c1-7(2)10(18)11-9(14)12(19-3)13(20-11)15-4-8-5-16-17-6-8/h5-7,15H,4,14H2,1-3H3,(H,16,17). The van der Waals surface area contributed by atoms with Gasteiger partial charge in [0, 0.05) is 24.2 Å². The molecule has 0 aliphatic rings. The lowest BCUT2D eigenvalue weighted by Gasteiger charge is -2.04. The second kappa shape index (κ2) is 6.32. The van der Waals surface area contributed by atoms with Crippen LogP contribution >= 0.6 is 23.1 Å². The van der Waals surface area contributed by atoms with Gasteiger partial charge in [-0.1, -0.05) is 13.8 Å². The quantitative estimate of drug-likeness (QED) is 0.563. The van der Waals surface area contributed by atoms with Crippen LogP contribution in [-0.4, -0.2) is 22.2 Å². The van der Waals surface area contributed by atoms with Crippen molar-refractivity contribution in [3.8, 4) is 0 Å². The molecule has 0 atom stereocenters. The summed E-state index contributed by atoms with van der Waals surface area (Å²) >= 11 is 2.99. The van der Waals surface area contributed by atoms with Gasteiger partial charge in [-0.25, -0.2) is 0 Å². The van der Waals surface area contributed by atoms with E-state index in [9.17, 15) is 4.79 Å². The third-order valence-electron chi connectivity index (χ3n) is 2.86. The number of nitrogens with one attached hydrogen (secondary N) is 2. The number of ketones is 1. The molecule has 7 heteroatoms. The maximum absolute atomic E-state index is 12.2. The van der Waals surface area contributed by atoms with Crippen molar-refractivity contribution in [2.24, 2.45) is 5.92 Å². The summed E-state index contributed by atoms with van der Waals surface area (Å²) in [7, 11) is 0. The summed E-state index contributed by atoms with van der Waals surface area (Å²) in [5, 5.41) is 11.0. The lowest BCUT2D eigenvalue weighted by molar-refractivity contribution is 0.0944. The fourth-order valence-corrected chi connectivity index (χ4v) is 3.87. The number of nitrogens with two attached hydrogens (primary N) is 1. The van der Waals surface area contributed by atoms with Crippen molar-refractivity contribution in [3.05, 3.63) is 22.8 Å². The van der Waals surface area contributed by atoms with Crippen LogP contribution in [0.3, 0.4) is 0 Å². The highest BCUT2D eigenvalue weighted by molar-refractivity contribution is 7.99. The monoisotopic (exact) mass is 310 g/mol. The fourth-order valence-electron chi connectivity index (χ4n) is 1.75. The number of Topliss-reactive ketones (excluding diaryl/α,β-unsaturated/α-hetero) is 1. The molecule has 0 radical (unpaired) electrons. The summed E-state index contributed by atoms with van der Waals surface area (Å²) in [6.07, 6.45) is 5.57. The molecule has 0 aliphatic heterocycles. The lowest BCUT2D eigenvalue weighted by atomic mass is 10.1. The van der Waals surface area contributed by atoms with Gasteiger partial charge in [0.05, 0.1) is 21.7 Å². The van der Waals surface area contributed by atoms with E-state index < -0.39 is 0 Å². The van der Waals surface area contributed by atoms with Gasteiger partial charge in [0.2, 0.25) is 0 Å². The summed E-state index contributed by atoms with van der Waals surface area (Å²) in [6.45, 7) is 4.43. The van der Waals surface area contributed by atoms with Gasteiger partial charge in [0.1, 0.15) is 5.00 Å². The van der Waals surface area contributed by atoms with Crippen LogP contribution in [0.4, 0.5) is 10.7 Å². The van der Waals surface area contributed by atoms with Crippen LogP contribution in [-0.2, 0) is 6.54 Å². The predicted octanol–water partition coefficient (Wildman–Crippen LogP) is 3.23. The minimum absolute atomic E-state index is 0.0487. The molecule has 0 saturated carbocycles. The highest BCUT2D eigenvalue weighted by atomic mass is 32.2. The van der Waals surface area contributed by atoms with Gasteiger partial charge in [-0.3, -0.25) is 9.89 Å². The Kier molecular flexibility index (Phi) is 4.72. The number of nitrogen functional groups attached to an aromatic ring is 1. The number of anilines is 2. The Hall–Kier alpha value is -1.47. The van der Waals surface area contributed by atoms with E-state index in [1.165, 1.54) is 11.3 Å². The van der Waals surface area contributed by atoms with Gasteiger partial charge in [-0.2, -0.15) is 5.10 Å². The summed E-state index contributed by atoms with van der Waals surface area (Å²) in [5.41, 5.74) is 7.76. The molecule has 5 nitrogen and oxygen atoms in total. The highest BCUT2D eigenvalue weighted by Gasteiger charge is 2.22. The smallest absolute Gasteiger partial charge is 0.177 e. The van der Waals surface area contributed by atoms with Crippen molar-refractivity contribution in [1.29, 1.82) is 0 Å². The molecule has 0 bridgehead atoms. The van der Waals surface area contributed by atoms with Crippen molar-refractivity contribution in [2.45, 2.75) is 25.3 Å². The van der Waals surface area contributed by atoms with E-state index in [-0.39, 0.29) is 11.7 Å². The molecule has 0 amide bonds. The third-order valence-corrected chi connectivity index (χ3v) is 5.00. The second-order valence-electron chi connectivity index (χ2n) is 4.69. The van der Waals surface area contributed by atoms with Gasteiger partial charge in [-0.05, 0) is 6.26 Å².